The van der Waals surface area contributed by atoms with Crippen LogP contribution >= 0.6 is 0 Å². The van der Waals surface area contributed by atoms with E-state index in [1.165, 1.54) is 12.1 Å². The number of amides is 1. The molecule has 1 aliphatic rings. The Labute approximate surface area is 114 Å². The van der Waals surface area contributed by atoms with E-state index >= 15 is 0 Å². The number of rotatable bonds is 3. The van der Waals surface area contributed by atoms with Crippen LogP contribution in [0.1, 0.15) is 19.3 Å². The summed E-state index contributed by atoms with van der Waals surface area (Å²) in [4.78, 5) is 14.0. The molecule has 0 aromatic heterocycles. The number of nitrogens with two attached hydrogens (primary N) is 1. The topological polar surface area (TPSA) is 63.4 Å². The third kappa shape index (κ3) is 3.53. The predicted molar refractivity (Wildman–Crippen MR) is 72.5 cm³/mol. The van der Waals surface area contributed by atoms with E-state index in [0.717, 1.165) is 38.4 Å². The van der Waals surface area contributed by atoms with Crippen LogP contribution in [-0.2, 0) is 15.6 Å². The van der Waals surface area contributed by atoms with Gasteiger partial charge in [-0.2, -0.15) is 0 Å². The minimum Gasteiger partial charge on any atom is -0.398 e. The van der Waals surface area contributed by atoms with Gasteiger partial charge in [0.2, 0.25) is 5.91 Å². The van der Waals surface area contributed by atoms with E-state index in [4.69, 9.17) is 5.73 Å². The van der Waals surface area contributed by atoms with Crippen LogP contribution in [0.5, 0.6) is 0 Å². The Balaban J connectivity index is 2.02. The number of anilines is 1. The lowest BCUT2D eigenvalue weighted by atomic mass is 10.1. The third-order valence-electron chi connectivity index (χ3n) is 3.18. The summed E-state index contributed by atoms with van der Waals surface area (Å²) in [5.41, 5.74) is 5.75. The molecule has 4 nitrogen and oxygen atoms in total. The highest BCUT2D eigenvalue weighted by Crippen LogP contribution is 2.18. The Hall–Kier alpha value is -1.43. The number of halogens is 1. The molecular weight excluding hydrogens is 267 g/mol. The molecule has 1 saturated heterocycles. The van der Waals surface area contributed by atoms with Gasteiger partial charge in [0, 0.05) is 13.1 Å². The molecule has 104 valence electrons. The number of likely N-dealkylation sites (tertiary alicyclic amines) is 1. The summed E-state index contributed by atoms with van der Waals surface area (Å²) in [6.07, 6.45) is 3.13. The van der Waals surface area contributed by atoms with Crippen molar-refractivity contribution < 1.29 is 13.4 Å². The molecular formula is C13H17FN2O2S. The number of hydrogen-bond donors (Lipinski definition) is 1. The second kappa shape index (κ2) is 6.14. The van der Waals surface area contributed by atoms with Gasteiger partial charge in [-0.25, -0.2) is 4.39 Å². The fourth-order valence-electron chi connectivity index (χ4n) is 2.15. The number of nitrogens with zero attached hydrogens (tertiary/aromatic N) is 1. The molecule has 19 heavy (non-hydrogen) atoms. The Morgan fingerprint density at radius 3 is 2.63 bits per heavy atom. The molecule has 1 aliphatic heterocycles. The number of carbonyl (C=O) groups excluding carboxylic acids is 1. The van der Waals surface area contributed by atoms with E-state index in [1.54, 1.807) is 4.90 Å². The van der Waals surface area contributed by atoms with Crippen molar-refractivity contribution in [2.75, 3.05) is 24.6 Å². The SMILES string of the molecule is Nc1cc(F)ccc1S(=O)CC(=O)N1CCCCC1. The van der Waals surface area contributed by atoms with Crippen molar-refractivity contribution in [1.29, 1.82) is 0 Å². The highest BCUT2D eigenvalue weighted by atomic mass is 32.2. The molecule has 1 amide bonds. The summed E-state index contributed by atoms with van der Waals surface area (Å²) in [6, 6.07) is 3.71. The average Bonchev–Trinajstić information content (AvgIpc) is 2.39. The highest BCUT2D eigenvalue weighted by molar-refractivity contribution is 7.86. The second-order valence-electron chi connectivity index (χ2n) is 4.61. The molecule has 1 unspecified atom stereocenters. The minimum atomic E-state index is -1.52. The van der Waals surface area contributed by atoms with Crippen molar-refractivity contribution in [3.8, 4) is 0 Å². The lowest BCUT2D eigenvalue weighted by Crippen LogP contribution is -2.38. The zero-order valence-corrected chi connectivity index (χ0v) is 11.4. The summed E-state index contributed by atoms with van der Waals surface area (Å²) in [5, 5.41) is 0. The van der Waals surface area contributed by atoms with Gasteiger partial charge < -0.3 is 10.6 Å². The summed E-state index contributed by atoms with van der Waals surface area (Å²) < 4.78 is 25.0. The molecule has 1 heterocycles. The van der Waals surface area contributed by atoms with Crippen LogP contribution < -0.4 is 5.73 Å². The molecule has 1 atom stereocenters. The Morgan fingerprint density at radius 1 is 1.32 bits per heavy atom. The third-order valence-corrected chi connectivity index (χ3v) is 4.55. The summed E-state index contributed by atoms with van der Waals surface area (Å²) in [7, 11) is -1.52. The smallest absolute Gasteiger partial charge is 0.235 e. The predicted octanol–water partition coefficient (Wildman–Crippen LogP) is 1.53. The summed E-state index contributed by atoms with van der Waals surface area (Å²) >= 11 is 0. The van der Waals surface area contributed by atoms with Crippen LogP contribution in [-0.4, -0.2) is 33.9 Å². The number of piperidine rings is 1. The molecule has 0 aliphatic carbocycles. The van der Waals surface area contributed by atoms with Crippen molar-refractivity contribution >= 4 is 22.4 Å². The zero-order chi connectivity index (χ0) is 13.8. The van der Waals surface area contributed by atoms with Gasteiger partial charge in [-0.15, -0.1) is 0 Å². The van der Waals surface area contributed by atoms with E-state index in [1.807, 2.05) is 0 Å². The Bertz CT molecular complexity index is 501. The van der Waals surface area contributed by atoms with Crippen molar-refractivity contribution in [3.63, 3.8) is 0 Å². The van der Waals surface area contributed by atoms with Gasteiger partial charge in [-0.05, 0) is 37.5 Å². The highest BCUT2D eigenvalue weighted by Gasteiger charge is 2.20. The molecule has 2 N–H and O–H groups in total. The van der Waals surface area contributed by atoms with Gasteiger partial charge in [0.25, 0.3) is 0 Å². The van der Waals surface area contributed by atoms with Gasteiger partial charge in [-0.1, -0.05) is 0 Å². The van der Waals surface area contributed by atoms with Crippen LogP contribution in [0.2, 0.25) is 0 Å². The first kappa shape index (κ1) is 14.0. The zero-order valence-electron chi connectivity index (χ0n) is 10.6. The van der Waals surface area contributed by atoms with Crippen molar-refractivity contribution in [2.24, 2.45) is 0 Å². The molecule has 1 fully saturated rings. The minimum absolute atomic E-state index is 0.0875. The number of carbonyl (C=O) groups is 1. The second-order valence-corrected chi connectivity index (χ2v) is 6.03. The van der Waals surface area contributed by atoms with Crippen LogP contribution in [0.25, 0.3) is 0 Å². The van der Waals surface area contributed by atoms with E-state index in [2.05, 4.69) is 0 Å². The molecule has 0 radical (unpaired) electrons. The summed E-state index contributed by atoms with van der Waals surface area (Å²) in [5.74, 6) is -0.682. The quantitative estimate of drug-likeness (QED) is 0.856. The first-order valence-corrected chi connectivity index (χ1v) is 7.61. The first-order chi connectivity index (χ1) is 9.08. The van der Waals surface area contributed by atoms with Crippen molar-refractivity contribution in [3.05, 3.63) is 24.0 Å². The maximum absolute atomic E-state index is 12.9. The summed E-state index contributed by atoms with van der Waals surface area (Å²) in [6.45, 7) is 1.46. The van der Waals surface area contributed by atoms with Crippen molar-refractivity contribution in [2.45, 2.75) is 24.2 Å². The van der Waals surface area contributed by atoms with Crippen molar-refractivity contribution in [1.82, 2.24) is 4.90 Å². The molecule has 0 spiro atoms. The first-order valence-electron chi connectivity index (χ1n) is 6.29. The normalized spacial score (nSPS) is 17.2. The van der Waals surface area contributed by atoms with Crippen LogP contribution in [0.4, 0.5) is 10.1 Å². The maximum Gasteiger partial charge on any atom is 0.235 e. The Kier molecular flexibility index (Phi) is 4.52. The fourth-order valence-corrected chi connectivity index (χ4v) is 3.26. The van der Waals surface area contributed by atoms with E-state index in [0.29, 0.717) is 4.90 Å². The Morgan fingerprint density at radius 2 is 2.00 bits per heavy atom. The van der Waals surface area contributed by atoms with Crippen LogP contribution in [0.15, 0.2) is 23.1 Å². The van der Waals surface area contributed by atoms with Gasteiger partial charge in [-0.3, -0.25) is 9.00 Å². The van der Waals surface area contributed by atoms with Gasteiger partial charge >= 0.3 is 0 Å². The monoisotopic (exact) mass is 284 g/mol. The van der Waals surface area contributed by atoms with Gasteiger partial charge in [0.1, 0.15) is 11.6 Å². The number of nitrogen functional groups attached to an aromatic ring is 1. The van der Waals surface area contributed by atoms with E-state index in [-0.39, 0.29) is 17.3 Å². The lowest BCUT2D eigenvalue weighted by molar-refractivity contribution is -0.129. The molecule has 2 rings (SSSR count). The maximum atomic E-state index is 12.9. The molecule has 0 saturated carbocycles. The molecule has 0 bridgehead atoms. The van der Waals surface area contributed by atoms with E-state index < -0.39 is 16.6 Å². The lowest BCUT2D eigenvalue weighted by Gasteiger charge is -2.26. The van der Waals surface area contributed by atoms with E-state index in [9.17, 15) is 13.4 Å². The van der Waals surface area contributed by atoms with Crippen LogP contribution in [0, 0.1) is 5.82 Å². The van der Waals surface area contributed by atoms with Gasteiger partial charge in [0.15, 0.2) is 0 Å². The molecule has 6 heteroatoms. The molecule has 1 aromatic rings. The average molecular weight is 284 g/mol. The number of hydrogen-bond acceptors (Lipinski definition) is 3. The van der Waals surface area contributed by atoms with Crippen LogP contribution in [0.3, 0.4) is 0 Å². The standard InChI is InChI=1S/C13H17FN2O2S/c14-10-4-5-12(11(15)8-10)19(18)9-13(17)16-6-2-1-3-7-16/h4-5,8H,1-3,6-7,9,15H2. The number of benzene rings is 1. The fraction of sp³-hybridized carbons (Fsp3) is 0.462. The largest absolute Gasteiger partial charge is 0.398 e. The van der Waals surface area contributed by atoms with Gasteiger partial charge in [0.05, 0.1) is 21.4 Å². The molecule has 1 aromatic carbocycles.